The van der Waals surface area contributed by atoms with E-state index in [1.807, 2.05) is 56.6 Å². The van der Waals surface area contributed by atoms with E-state index in [1.165, 1.54) is 4.90 Å². The molecule has 0 N–H and O–H groups in total. The van der Waals surface area contributed by atoms with Crippen LogP contribution in [0, 0.1) is 0 Å². The standard InChI is InChI=1S/C19H23NO2S/c1-20(2)13-8-14-22-19(21)18-12-7-6-9-16(18)15-23-17-10-4-3-5-11-17/h3-7,9-12H,8,13-15H2,1-2H3. The number of rotatable bonds is 8. The number of benzene rings is 2. The molecule has 2 aromatic carbocycles. The average molecular weight is 329 g/mol. The van der Waals surface area contributed by atoms with Crippen molar-refractivity contribution in [1.29, 1.82) is 0 Å². The number of hydrogen-bond acceptors (Lipinski definition) is 4. The average Bonchev–Trinajstić information content (AvgIpc) is 2.58. The van der Waals surface area contributed by atoms with Gasteiger partial charge in [-0.2, -0.15) is 0 Å². The minimum atomic E-state index is -0.229. The van der Waals surface area contributed by atoms with Gasteiger partial charge in [0, 0.05) is 17.2 Å². The highest BCUT2D eigenvalue weighted by Gasteiger charge is 2.12. The molecular weight excluding hydrogens is 306 g/mol. The molecule has 0 atom stereocenters. The van der Waals surface area contributed by atoms with Crippen molar-refractivity contribution in [2.45, 2.75) is 17.1 Å². The molecule has 0 heterocycles. The lowest BCUT2D eigenvalue weighted by atomic mass is 10.1. The van der Waals surface area contributed by atoms with E-state index < -0.39 is 0 Å². The summed E-state index contributed by atoms with van der Waals surface area (Å²) in [7, 11) is 4.02. The van der Waals surface area contributed by atoms with Crippen molar-refractivity contribution in [2.75, 3.05) is 27.2 Å². The summed E-state index contributed by atoms with van der Waals surface area (Å²) in [5.41, 5.74) is 1.68. The zero-order valence-electron chi connectivity index (χ0n) is 13.7. The smallest absolute Gasteiger partial charge is 0.338 e. The quantitative estimate of drug-likeness (QED) is 0.414. The van der Waals surface area contributed by atoms with E-state index in [9.17, 15) is 4.79 Å². The van der Waals surface area contributed by atoms with E-state index in [0.717, 1.165) is 24.3 Å². The highest BCUT2D eigenvalue weighted by molar-refractivity contribution is 7.98. The third-order valence-corrected chi connectivity index (χ3v) is 4.42. The van der Waals surface area contributed by atoms with Crippen molar-refractivity contribution in [2.24, 2.45) is 0 Å². The fourth-order valence-electron chi connectivity index (χ4n) is 2.15. The Morgan fingerprint density at radius 1 is 1.04 bits per heavy atom. The molecule has 122 valence electrons. The van der Waals surface area contributed by atoms with Crippen LogP contribution in [0.15, 0.2) is 59.5 Å². The van der Waals surface area contributed by atoms with Gasteiger partial charge in [-0.3, -0.25) is 0 Å². The van der Waals surface area contributed by atoms with Crippen molar-refractivity contribution >= 4 is 17.7 Å². The number of nitrogens with zero attached hydrogens (tertiary/aromatic N) is 1. The van der Waals surface area contributed by atoms with Crippen LogP contribution in [0.4, 0.5) is 0 Å². The summed E-state index contributed by atoms with van der Waals surface area (Å²) in [4.78, 5) is 15.6. The highest BCUT2D eigenvalue weighted by Crippen LogP contribution is 2.24. The zero-order valence-corrected chi connectivity index (χ0v) is 14.5. The number of esters is 1. The van der Waals surface area contributed by atoms with Crippen LogP contribution in [0.2, 0.25) is 0 Å². The molecule has 0 spiro atoms. The Morgan fingerprint density at radius 3 is 2.48 bits per heavy atom. The van der Waals surface area contributed by atoms with Gasteiger partial charge < -0.3 is 9.64 Å². The monoisotopic (exact) mass is 329 g/mol. The van der Waals surface area contributed by atoms with Gasteiger partial charge in [0.05, 0.1) is 12.2 Å². The number of carbonyl (C=O) groups is 1. The van der Waals surface area contributed by atoms with E-state index in [2.05, 4.69) is 17.0 Å². The maximum atomic E-state index is 12.3. The van der Waals surface area contributed by atoms with Crippen LogP contribution in [0.1, 0.15) is 22.3 Å². The first-order valence-corrected chi connectivity index (χ1v) is 8.73. The second-order valence-corrected chi connectivity index (χ2v) is 6.60. The molecule has 0 aliphatic carbocycles. The largest absolute Gasteiger partial charge is 0.462 e. The Labute approximate surface area is 142 Å². The van der Waals surface area contributed by atoms with Crippen LogP contribution in [0.25, 0.3) is 0 Å². The van der Waals surface area contributed by atoms with Crippen LogP contribution >= 0.6 is 11.8 Å². The SMILES string of the molecule is CN(C)CCCOC(=O)c1ccccc1CSc1ccccc1. The van der Waals surface area contributed by atoms with Gasteiger partial charge in [0.2, 0.25) is 0 Å². The molecular formula is C19H23NO2S. The van der Waals surface area contributed by atoms with E-state index in [1.54, 1.807) is 11.8 Å². The summed E-state index contributed by atoms with van der Waals surface area (Å²) >= 11 is 1.72. The van der Waals surface area contributed by atoms with Gasteiger partial charge in [-0.1, -0.05) is 36.4 Å². The van der Waals surface area contributed by atoms with Crippen molar-refractivity contribution in [1.82, 2.24) is 4.90 Å². The topological polar surface area (TPSA) is 29.5 Å². The molecule has 0 radical (unpaired) electrons. The summed E-state index contributed by atoms with van der Waals surface area (Å²) < 4.78 is 5.40. The van der Waals surface area contributed by atoms with Gasteiger partial charge in [-0.15, -0.1) is 11.8 Å². The molecule has 0 bridgehead atoms. The van der Waals surface area contributed by atoms with Crippen molar-refractivity contribution < 1.29 is 9.53 Å². The summed E-state index contributed by atoms with van der Waals surface area (Å²) in [5.74, 6) is 0.528. The normalized spacial score (nSPS) is 10.7. The predicted octanol–water partition coefficient (Wildman–Crippen LogP) is 4.09. The Balaban J connectivity index is 1.92. The van der Waals surface area contributed by atoms with Gasteiger partial charge in [0.1, 0.15) is 0 Å². The van der Waals surface area contributed by atoms with Gasteiger partial charge in [0.15, 0.2) is 0 Å². The Morgan fingerprint density at radius 2 is 1.74 bits per heavy atom. The molecule has 0 fully saturated rings. The van der Waals surface area contributed by atoms with Crippen LogP contribution < -0.4 is 0 Å². The lowest BCUT2D eigenvalue weighted by molar-refractivity contribution is 0.0492. The van der Waals surface area contributed by atoms with E-state index >= 15 is 0 Å². The maximum absolute atomic E-state index is 12.3. The number of hydrogen-bond donors (Lipinski definition) is 0. The van der Waals surface area contributed by atoms with Crippen molar-refractivity contribution in [3.05, 3.63) is 65.7 Å². The van der Waals surface area contributed by atoms with Gasteiger partial charge >= 0.3 is 5.97 Å². The second-order valence-electron chi connectivity index (χ2n) is 5.55. The van der Waals surface area contributed by atoms with Gasteiger partial charge in [-0.25, -0.2) is 4.79 Å². The lowest BCUT2D eigenvalue weighted by Crippen LogP contribution is -2.16. The predicted molar refractivity (Wildman–Crippen MR) is 95.9 cm³/mol. The van der Waals surface area contributed by atoms with E-state index in [0.29, 0.717) is 12.2 Å². The van der Waals surface area contributed by atoms with Crippen LogP contribution in [-0.4, -0.2) is 38.1 Å². The van der Waals surface area contributed by atoms with Crippen LogP contribution in [0.5, 0.6) is 0 Å². The summed E-state index contributed by atoms with van der Waals surface area (Å²) in [6.45, 7) is 1.37. The minimum Gasteiger partial charge on any atom is -0.462 e. The molecule has 0 aliphatic heterocycles. The molecule has 0 saturated heterocycles. The summed E-state index contributed by atoms with van der Waals surface area (Å²) in [6, 6.07) is 17.9. The molecule has 2 rings (SSSR count). The molecule has 0 amide bonds. The molecule has 0 saturated carbocycles. The van der Waals surface area contributed by atoms with Crippen molar-refractivity contribution in [3.8, 4) is 0 Å². The number of carbonyl (C=O) groups excluding carboxylic acids is 1. The molecule has 0 unspecified atom stereocenters. The van der Waals surface area contributed by atoms with Gasteiger partial charge in [0.25, 0.3) is 0 Å². The summed E-state index contributed by atoms with van der Waals surface area (Å²) in [5, 5.41) is 0. The molecule has 23 heavy (non-hydrogen) atoms. The Kier molecular flexibility index (Phi) is 7.17. The maximum Gasteiger partial charge on any atom is 0.338 e. The first kappa shape index (κ1) is 17.6. The first-order valence-electron chi connectivity index (χ1n) is 7.74. The van der Waals surface area contributed by atoms with E-state index in [4.69, 9.17) is 4.74 Å². The molecule has 2 aromatic rings. The Hall–Kier alpha value is -1.78. The third kappa shape index (κ3) is 6.08. The third-order valence-electron chi connectivity index (χ3n) is 3.36. The fraction of sp³-hybridized carbons (Fsp3) is 0.316. The van der Waals surface area contributed by atoms with E-state index in [-0.39, 0.29) is 5.97 Å². The van der Waals surface area contributed by atoms with Crippen LogP contribution in [0.3, 0.4) is 0 Å². The highest BCUT2D eigenvalue weighted by atomic mass is 32.2. The number of thioether (sulfide) groups is 1. The molecule has 0 aromatic heterocycles. The fourth-order valence-corrected chi connectivity index (χ4v) is 3.07. The minimum absolute atomic E-state index is 0.229. The summed E-state index contributed by atoms with van der Waals surface area (Å²) in [6.07, 6.45) is 0.847. The molecule has 3 nitrogen and oxygen atoms in total. The Bertz CT molecular complexity index is 614. The second kappa shape index (κ2) is 9.38. The zero-order chi connectivity index (χ0) is 16.5. The van der Waals surface area contributed by atoms with Gasteiger partial charge in [-0.05, 0) is 44.3 Å². The number of ether oxygens (including phenoxy) is 1. The van der Waals surface area contributed by atoms with Crippen LogP contribution in [-0.2, 0) is 10.5 Å². The molecule has 4 heteroatoms. The molecule has 0 aliphatic rings. The first-order chi connectivity index (χ1) is 11.2. The van der Waals surface area contributed by atoms with Crippen molar-refractivity contribution in [3.63, 3.8) is 0 Å². The lowest BCUT2D eigenvalue weighted by Gasteiger charge is -2.11.